The summed E-state index contributed by atoms with van der Waals surface area (Å²) in [6.45, 7) is 5.67. The van der Waals surface area contributed by atoms with E-state index in [1.165, 1.54) is 4.90 Å². The lowest BCUT2D eigenvalue weighted by atomic mass is 9.91. The average Bonchev–Trinajstić information content (AvgIpc) is 2.50. The molecule has 0 bridgehead atoms. The molecule has 0 saturated carbocycles. The van der Waals surface area contributed by atoms with Crippen LogP contribution in [0.15, 0.2) is 0 Å². The number of hydrogen-bond donors (Lipinski definition) is 1. The van der Waals surface area contributed by atoms with Crippen LogP contribution in [0.1, 0.15) is 27.2 Å². The van der Waals surface area contributed by atoms with E-state index in [1.807, 2.05) is 0 Å². The molecule has 1 amide bonds. The number of rotatable bonds is 0. The summed E-state index contributed by atoms with van der Waals surface area (Å²) in [6.07, 6.45) is -0.241. The highest BCUT2D eigenvalue weighted by Crippen LogP contribution is 2.41. The molecule has 0 unspecified atom stereocenters. The molecule has 2 fully saturated rings. The summed E-state index contributed by atoms with van der Waals surface area (Å²) >= 11 is 0. The molecule has 0 aromatic heterocycles. The molecule has 104 valence electrons. The summed E-state index contributed by atoms with van der Waals surface area (Å²) in [7, 11) is 0. The Morgan fingerprint density at radius 1 is 1.44 bits per heavy atom. The summed E-state index contributed by atoms with van der Waals surface area (Å²) < 4.78 is 32.9. The van der Waals surface area contributed by atoms with Gasteiger partial charge in [-0.15, -0.1) is 0 Å². The predicted octanol–water partition coefficient (Wildman–Crippen LogP) is 1.85. The highest BCUT2D eigenvalue weighted by atomic mass is 19.3. The predicted molar refractivity (Wildman–Crippen MR) is 62.7 cm³/mol. The van der Waals surface area contributed by atoms with Crippen molar-refractivity contribution >= 4 is 6.09 Å². The molecule has 4 nitrogen and oxygen atoms in total. The van der Waals surface area contributed by atoms with Gasteiger partial charge in [-0.3, -0.25) is 4.90 Å². The fourth-order valence-electron chi connectivity index (χ4n) is 2.64. The van der Waals surface area contributed by atoms with E-state index in [1.54, 1.807) is 20.8 Å². The van der Waals surface area contributed by atoms with Gasteiger partial charge in [0.05, 0.1) is 12.6 Å². The molecule has 0 spiro atoms. The van der Waals surface area contributed by atoms with Gasteiger partial charge in [0.2, 0.25) is 0 Å². The van der Waals surface area contributed by atoms with Crippen LogP contribution in [0, 0.1) is 5.92 Å². The van der Waals surface area contributed by atoms with Gasteiger partial charge in [-0.2, -0.15) is 0 Å². The number of likely N-dealkylation sites (tertiary alicyclic amines) is 1. The van der Waals surface area contributed by atoms with E-state index in [-0.39, 0.29) is 0 Å². The number of alkyl halides is 2. The maximum atomic E-state index is 13.8. The van der Waals surface area contributed by atoms with Crippen molar-refractivity contribution < 1.29 is 18.3 Å². The molecule has 2 rings (SSSR count). The molecule has 1 N–H and O–H groups in total. The molecule has 0 aromatic carbocycles. The topological polar surface area (TPSA) is 41.6 Å². The van der Waals surface area contributed by atoms with Crippen LogP contribution in [0.5, 0.6) is 0 Å². The fraction of sp³-hybridized carbons (Fsp3) is 0.917. The number of halogens is 2. The first-order valence-electron chi connectivity index (χ1n) is 6.29. The van der Waals surface area contributed by atoms with Crippen molar-refractivity contribution in [3.8, 4) is 0 Å². The normalized spacial score (nSPS) is 31.1. The standard InChI is InChI=1S/C12H20F2N2O2/c1-11(2,3)18-10(17)16-7-12(13,14)8-4-5-15-6-9(8)16/h8-9,15H,4-7H2,1-3H3/t8-,9+/m0/s1. The molecule has 2 aliphatic rings. The molecule has 2 aliphatic heterocycles. The summed E-state index contributed by atoms with van der Waals surface area (Å²) in [5.74, 6) is -3.55. The highest BCUT2D eigenvalue weighted by molar-refractivity contribution is 5.69. The van der Waals surface area contributed by atoms with E-state index in [9.17, 15) is 13.6 Å². The lowest BCUT2D eigenvalue weighted by Gasteiger charge is -2.33. The van der Waals surface area contributed by atoms with Crippen molar-refractivity contribution in [2.24, 2.45) is 5.92 Å². The Balaban J connectivity index is 2.12. The molecule has 2 atom stereocenters. The third-order valence-electron chi connectivity index (χ3n) is 3.40. The smallest absolute Gasteiger partial charge is 0.410 e. The first kappa shape index (κ1) is 13.5. The van der Waals surface area contributed by atoms with Crippen LogP contribution >= 0.6 is 0 Å². The molecule has 6 heteroatoms. The molecular weight excluding hydrogens is 242 g/mol. The van der Waals surface area contributed by atoms with Crippen LogP contribution in [-0.4, -0.2) is 48.2 Å². The highest BCUT2D eigenvalue weighted by Gasteiger charge is 2.56. The Morgan fingerprint density at radius 3 is 2.72 bits per heavy atom. The number of hydrogen-bond acceptors (Lipinski definition) is 3. The molecule has 0 aliphatic carbocycles. The maximum Gasteiger partial charge on any atom is 0.410 e. The Labute approximate surface area is 106 Å². The molecular formula is C12H20F2N2O2. The van der Waals surface area contributed by atoms with Gasteiger partial charge in [-0.25, -0.2) is 13.6 Å². The number of fused-ring (bicyclic) bond motifs is 1. The van der Waals surface area contributed by atoms with Gasteiger partial charge >= 0.3 is 6.09 Å². The SMILES string of the molecule is CC(C)(C)OC(=O)N1CC(F)(F)[C@H]2CCNC[C@H]21. The van der Waals surface area contributed by atoms with E-state index in [0.717, 1.165) is 0 Å². The largest absolute Gasteiger partial charge is 0.444 e. The summed E-state index contributed by atoms with van der Waals surface area (Å²) in [4.78, 5) is 13.1. The zero-order valence-electron chi connectivity index (χ0n) is 11.0. The van der Waals surface area contributed by atoms with Gasteiger partial charge in [0, 0.05) is 12.5 Å². The zero-order valence-corrected chi connectivity index (χ0v) is 11.0. The van der Waals surface area contributed by atoms with Crippen molar-refractivity contribution in [1.29, 1.82) is 0 Å². The van der Waals surface area contributed by atoms with Crippen LogP contribution in [0.25, 0.3) is 0 Å². The fourth-order valence-corrected chi connectivity index (χ4v) is 2.64. The van der Waals surface area contributed by atoms with E-state index < -0.39 is 36.1 Å². The van der Waals surface area contributed by atoms with E-state index in [4.69, 9.17) is 4.74 Å². The Kier molecular flexibility index (Phi) is 3.25. The van der Waals surface area contributed by atoms with Crippen molar-refractivity contribution in [2.45, 2.75) is 44.8 Å². The number of ether oxygens (including phenoxy) is 1. The minimum atomic E-state index is -2.80. The quantitative estimate of drug-likeness (QED) is 0.724. The van der Waals surface area contributed by atoms with E-state index in [2.05, 4.69) is 5.32 Å². The number of nitrogens with zero attached hydrogens (tertiary/aromatic N) is 1. The lowest BCUT2D eigenvalue weighted by molar-refractivity contribution is -0.0365. The average molecular weight is 262 g/mol. The summed E-state index contributed by atoms with van der Waals surface area (Å²) in [6, 6.07) is -0.455. The number of nitrogens with one attached hydrogen (secondary N) is 1. The minimum absolute atomic E-state index is 0.400. The molecule has 2 saturated heterocycles. The van der Waals surface area contributed by atoms with Crippen molar-refractivity contribution in [3.63, 3.8) is 0 Å². The van der Waals surface area contributed by atoms with E-state index in [0.29, 0.717) is 19.5 Å². The molecule has 0 radical (unpaired) electrons. The van der Waals surface area contributed by atoms with Crippen LogP contribution in [-0.2, 0) is 4.74 Å². The van der Waals surface area contributed by atoms with E-state index >= 15 is 0 Å². The van der Waals surface area contributed by atoms with Crippen LogP contribution < -0.4 is 5.32 Å². The third-order valence-corrected chi connectivity index (χ3v) is 3.40. The molecule has 2 heterocycles. The second-order valence-electron chi connectivity index (χ2n) is 6.04. The van der Waals surface area contributed by atoms with Gasteiger partial charge in [-0.05, 0) is 33.7 Å². The number of piperidine rings is 1. The van der Waals surface area contributed by atoms with Gasteiger partial charge < -0.3 is 10.1 Å². The van der Waals surface area contributed by atoms with Crippen LogP contribution in [0.2, 0.25) is 0 Å². The van der Waals surface area contributed by atoms with Gasteiger partial charge in [0.1, 0.15) is 5.60 Å². The summed E-state index contributed by atoms with van der Waals surface area (Å²) in [5, 5.41) is 3.06. The molecule has 18 heavy (non-hydrogen) atoms. The second kappa shape index (κ2) is 4.33. The first-order valence-corrected chi connectivity index (χ1v) is 6.29. The minimum Gasteiger partial charge on any atom is -0.444 e. The van der Waals surface area contributed by atoms with Gasteiger partial charge in [0.15, 0.2) is 0 Å². The lowest BCUT2D eigenvalue weighted by Crippen LogP contribution is -2.49. The third kappa shape index (κ3) is 2.58. The number of carbonyl (C=O) groups is 1. The van der Waals surface area contributed by atoms with Gasteiger partial charge in [-0.1, -0.05) is 0 Å². The maximum absolute atomic E-state index is 13.8. The monoisotopic (exact) mass is 262 g/mol. The van der Waals surface area contributed by atoms with Crippen molar-refractivity contribution in [2.75, 3.05) is 19.6 Å². The number of carbonyl (C=O) groups excluding carboxylic acids is 1. The van der Waals surface area contributed by atoms with Crippen molar-refractivity contribution in [1.82, 2.24) is 10.2 Å². The Hall–Kier alpha value is -0.910. The van der Waals surface area contributed by atoms with Crippen molar-refractivity contribution in [3.05, 3.63) is 0 Å². The first-order chi connectivity index (χ1) is 8.21. The molecule has 0 aromatic rings. The number of amides is 1. The zero-order chi connectivity index (χ0) is 13.6. The Morgan fingerprint density at radius 2 is 2.11 bits per heavy atom. The van der Waals surface area contributed by atoms with Crippen LogP contribution in [0.4, 0.5) is 13.6 Å². The van der Waals surface area contributed by atoms with Crippen LogP contribution in [0.3, 0.4) is 0 Å². The van der Waals surface area contributed by atoms with Gasteiger partial charge in [0.25, 0.3) is 5.92 Å². The summed E-state index contributed by atoms with van der Waals surface area (Å²) in [5.41, 5.74) is -0.660. The second-order valence-corrected chi connectivity index (χ2v) is 6.04. The Bertz CT molecular complexity index is 341.